The fourth-order valence-electron chi connectivity index (χ4n) is 5.97. The number of benzene rings is 4. The lowest BCUT2D eigenvalue weighted by Crippen LogP contribution is -2.61. The Labute approximate surface area is 301 Å². The van der Waals surface area contributed by atoms with Crippen LogP contribution in [0.5, 0.6) is 0 Å². The van der Waals surface area contributed by atoms with Gasteiger partial charge < -0.3 is 28.4 Å². The van der Waals surface area contributed by atoms with E-state index in [1.54, 1.807) is 0 Å². The Morgan fingerprint density at radius 2 is 0.857 bits per heavy atom. The van der Waals surface area contributed by atoms with Gasteiger partial charge >= 0.3 is 0 Å². The minimum atomic E-state index is -0.704. The fourth-order valence-corrected chi connectivity index (χ4v) is 6.37. The van der Waals surface area contributed by atoms with E-state index in [4.69, 9.17) is 28.4 Å². The van der Waals surface area contributed by atoms with Gasteiger partial charge in [0.2, 0.25) is 0 Å². The number of ether oxygens (including phenoxy) is 6. The predicted octanol–water partition coefficient (Wildman–Crippen LogP) is 9.44. The third kappa shape index (κ3) is 13.1. The van der Waals surface area contributed by atoms with Gasteiger partial charge in [-0.25, -0.2) is 0 Å². The molecule has 4 aromatic rings. The molecule has 0 amide bonds. The molecule has 262 valence electrons. The third-order valence-electron chi connectivity index (χ3n) is 8.66. The number of hydrogen-bond acceptors (Lipinski definition) is 6. The first-order valence-electron chi connectivity index (χ1n) is 17.7. The van der Waals surface area contributed by atoms with Gasteiger partial charge in [-0.3, -0.25) is 0 Å². The summed E-state index contributed by atoms with van der Waals surface area (Å²) in [5.41, 5.74) is 4.27. The first kappa shape index (κ1) is 37.4. The predicted molar refractivity (Wildman–Crippen MR) is 197 cm³/mol. The summed E-state index contributed by atoms with van der Waals surface area (Å²) in [7, 11) is 0. The maximum atomic E-state index is 6.81. The van der Waals surface area contributed by atoms with Crippen molar-refractivity contribution in [1.82, 2.24) is 0 Å². The molecule has 5 atom stereocenters. The molecule has 1 aliphatic rings. The Balaban J connectivity index is 1.36. The zero-order chi connectivity index (χ0) is 33.8. The van der Waals surface area contributed by atoms with E-state index in [1.165, 1.54) is 25.7 Å². The second-order valence-electron chi connectivity index (χ2n) is 12.5. The minimum absolute atomic E-state index is 0.366. The average molecular weight is 732 g/mol. The molecule has 0 aromatic heterocycles. The van der Waals surface area contributed by atoms with Crippen molar-refractivity contribution in [2.24, 2.45) is 0 Å². The summed E-state index contributed by atoms with van der Waals surface area (Å²) in [5, 5.41) is 1.08. The third-order valence-corrected chi connectivity index (χ3v) is 9.22. The van der Waals surface area contributed by atoms with Gasteiger partial charge in [-0.05, 0) is 35.1 Å². The smallest absolute Gasteiger partial charge is 0.187 e. The van der Waals surface area contributed by atoms with E-state index in [0.717, 1.165) is 40.4 Å². The lowest BCUT2D eigenvalue weighted by molar-refractivity contribution is -0.330. The molecule has 0 radical (unpaired) electrons. The van der Waals surface area contributed by atoms with E-state index in [9.17, 15) is 0 Å². The highest BCUT2D eigenvalue weighted by Gasteiger charge is 2.49. The van der Waals surface area contributed by atoms with E-state index in [-0.39, 0.29) is 0 Å². The Hall–Kier alpha value is -2.88. The molecular weight excluding hydrogens is 680 g/mol. The van der Waals surface area contributed by atoms with Crippen molar-refractivity contribution in [3.05, 3.63) is 144 Å². The summed E-state index contributed by atoms with van der Waals surface area (Å²) in [5.74, 6) is 0. The topological polar surface area (TPSA) is 55.4 Å². The van der Waals surface area contributed by atoms with Gasteiger partial charge in [0.25, 0.3) is 0 Å². The van der Waals surface area contributed by atoms with Gasteiger partial charge in [-0.15, -0.1) is 0 Å². The normalized spacial score (nSPS) is 20.7. The second kappa shape index (κ2) is 22.0. The highest BCUT2D eigenvalue weighted by Crippen LogP contribution is 2.32. The summed E-state index contributed by atoms with van der Waals surface area (Å²) >= 11 is 3.53. The van der Waals surface area contributed by atoms with Crippen molar-refractivity contribution < 1.29 is 28.4 Å². The summed E-state index contributed by atoms with van der Waals surface area (Å²) in [6.45, 7) is 2.60. The van der Waals surface area contributed by atoms with Crippen LogP contribution in [0.1, 0.15) is 60.8 Å². The van der Waals surface area contributed by atoms with Crippen LogP contribution in [0.4, 0.5) is 0 Å². The number of halogens is 1. The van der Waals surface area contributed by atoms with E-state index in [0.29, 0.717) is 39.6 Å². The Morgan fingerprint density at radius 3 is 1.35 bits per heavy atom. The van der Waals surface area contributed by atoms with Gasteiger partial charge in [0.15, 0.2) is 6.29 Å². The number of hydrogen-bond donors (Lipinski definition) is 0. The molecule has 1 fully saturated rings. The van der Waals surface area contributed by atoms with Crippen molar-refractivity contribution in [2.45, 2.75) is 95.7 Å². The van der Waals surface area contributed by atoms with E-state index >= 15 is 0 Å². The van der Waals surface area contributed by atoms with Gasteiger partial charge in [0.1, 0.15) is 24.4 Å². The minimum Gasteiger partial charge on any atom is -0.379 e. The average Bonchev–Trinajstić information content (AvgIpc) is 3.16. The molecule has 1 aliphatic heterocycles. The van der Waals surface area contributed by atoms with E-state index in [2.05, 4.69) is 64.5 Å². The summed E-state index contributed by atoms with van der Waals surface area (Å²) < 4.78 is 39.9. The molecule has 1 saturated heterocycles. The van der Waals surface area contributed by atoms with Crippen LogP contribution in [-0.2, 0) is 54.8 Å². The number of rotatable bonds is 22. The van der Waals surface area contributed by atoms with Crippen LogP contribution in [0.2, 0.25) is 0 Å². The molecule has 5 rings (SSSR count). The zero-order valence-electron chi connectivity index (χ0n) is 28.5. The lowest BCUT2D eigenvalue weighted by Gasteiger charge is -2.46. The van der Waals surface area contributed by atoms with Crippen molar-refractivity contribution in [1.29, 1.82) is 0 Å². The molecule has 6 nitrogen and oxygen atoms in total. The second-order valence-corrected chi connectivity index (χ2v) is 13.3. The number of unbranched alkanes of at least 4 members (excludes halogenated alkanes) is 5. The van der Waals surface area contributed by atoms with Gasteiger partial charge in [-0.2, -0.15) is 0 Å². The Bertz CT molecular complexity index is 1390. The maximum absolute atomic E-state index is 6.81. The monoisotopic (exact) mass is 730 g/mol. The molecule has 1 unspecified atom stereocenters. The summed E-state index contributed by atoms with van der Waals surface area (Å²) in [6.07, 6.45) is 4.50. The molecule has 0 spiro atoms. The van der Waals surface area contributed by atoms with Crippen molar-refractivity contribution in [2.75, 3.05) is 18.5 Å². The van der Waals surface area contributed by atoms with Crippen molar-refractivity contribution in [3.8, 4) is 0 Å². The van der Waals surface area contributed by atoms with Crippen LogP contribution < -0.4 is 0 Å². The van der Waals surface area contributed by atoms with Gasteiger partial charge in [0.05, 0.1) is 33.0 Å². The molecule has 49 heavy (non-hydrogen) atoms. The fraction of sp³-hybridized carbons (Fsp3) is 0.429. The van der Waals surface area contributed by atoms with Gasteiger partial charge in [0, 0.05) is 11.9 Å². The first-order valence-corrected chi connectivity index (χ1v) is 18.8. The standard InChI is InChI=1S/C42H51BrO6/c43-27-17-3-1-2-4-18-28-44-33-38-39(45-29-34-19-9-5-10-20-34)40(46-30-35-21-11-6-12-22-35)41(47-31-36-23-13-7-14-24-36)42(49-38)48-32-37-25-15-8-16-26-37/h5-16,19-26,38-42H,1-4,17-18,27-33H2/t38-,39+,40+,41-,42?/m1/s1. The first-order chi connectivity index (χ1) is 24.3. The van der Waals surface area contributed by atoms with Crippen LogP contribution in [0, 0.1) is 0 Å². The highest BCUT2D eigenvalue weighted by atomic mass is 79.9. The zero-order valence-corrected chi connectivity index (χ0v) is 30.0. The summed E-state index contributed by atoms with van der Waals surface area (Å²) in [6, 6.07) is 40.7. The SMILES string of the molecule is BrCCCCCCCCOC[C@H]1OC(OCc2ccccc2)[C@H](OCc2ccccc2)[C@@H](OCc2ccccc2)[C@H]1OCc1ccccc1. The van der Waals surface area contributed by atoms with Crippen LogP contribution in [0.3, 0.4) is 0 Å². The quantitative estimate of drug-likeness (QED) is 0.0594. The van der Waals surface area contributed by atoms with Crippen LogP contribution in [0.15, 0.2) is 121 Å². The molecule has 0 aliphatic carbocycles. The van der Waals surface area contributed by atoms with Crippen LogP contribution in [-0.4, -0.2) is 49.2 Å². The van der Waals surface area contributed by atoms with Crippen LogP contribution >= 0.6 is 15.9 Å². The maximum Gasteiger partial charge on any atom is 0.187 e. The molecule has 0 N–H and O–H groups in total. The largest absolute Gasteiger partial charge is 0.379 e. The molecular formula is C42H51BrO6. The molecule has 4 aromatic carbocycles. The highest BCUT2D eigenvalue weighted by molar-refractivity contribution is 9.09. The van der Waals surface area contributed by atoms with E-state index < -0.39 is 30.7 Å². The van der Waals surface area contributed by atoms with Gasteiger partial charge in [-0.1, -0.05) is 163 Å². The molecule has 1 heterocycles. The van der Waals surface area contributed by atoms with Crippen molar-refractivity contribution in [3.63, 3.8) is 0 Å². The Kier molecular flexibility index (Phi) is 16.8. The Morgan fingerprint density at radius 1 is 0.449 bits per heavy atom. The van der Waals surface area contributed by atoms with Crippen molar-refractivity contribution >= 4 is 15.9 Å². The lowest BCUT2D eigenvalue weighted by atomic mass is 9.97. The summed E-state index contributed by atoms with van der Waals surface area (Å²) in [4.78, 5) is 0. The molecule has 7 heteroatoms. The number of alkyl halides is 1. The molecule has 0 saturated carbocycles. The van der Waals surface area contributed by atoms with E-state index in [1.807, 2.05) is 72.8 Å². The van der Waals surface area contributed by atoms with Crippen LogP contribution in [0.25, 0.3) is 0 Å². The molecule has 0 bridgehead atoms.